The summed E-state index contributed by atoms with van der Waals surface area (Å²) < 4.78 is 40.6. The van der Waals surface area contributed by atoms with Crippen molar-refractivity contribution in [2.75, 3.05) is 13.2 Å². The van der Waals surface area contributed by atoms with Crippen molar-refractivity contribution in [1.29, 1.82) is 0 Å². The highest BCUT2D eigenvalue weighted by Crippen LogP contribution is 2.16. The fourth-order valence-corrected chi connectivity index (χ4v) is 1.98. The molecule has 0 amide bonds. The first-order chi connectivity index (χ1) is 9.69. The molecule has 1 aromatic rings. The van der Waals surface area contributed by atoms with Crippen LogP contribution >= 0.6 is 0 Å². The summed E-state index contributed by atoms with van der Waals surface area (Å²) in [4.78, 5) is 8.44. The molecule has 0 spiro atoms. The summed E-state index contributed by atoms with van der Waals surface area (Å²) in [6.45, 7) is 7.11. The smallest absolute Gasteiger partial charge is 0.364 e. The highest BCUT2D eigenvalue weighted by molar-refractivity contribution is 5.24. The number of ether oxygens (including phenoxy) is 1. The summed E-state index contributed by atoms with van der Waals surface area (Å²) in [5.41, 5.74) is 2.61. The number of rotatable bonds is 7. The van der Waals surface area contributed by atoms with E-state index < -0.39 is 12.8 Å². The molecule has 0 aliphatic rings. The second-order valence-corrected chi connectivity index (χ2v) is 5.26. The van der Waals surface area contributed by atoms with Crippen LogP contribution in [0, 0.1) is 13.8 Å². The zero-order chi connectivity index (χ0) is 16.0. The maximum Gasteiger partial charge on any atom is 0.411 e. The zero-order valence-corrected chi connectivity index (χ0v) is 12.8. The van der Waals surface area contributed by atoms with Crippen molar-refractivity contribution < 1.29 is 17.9 Å². The van der Waals surface area contributed by atoms with Gasteiger partial charge in [0.1, 0.15) is 13.2 Å². The molecule has 4 nitrogen and oxygen atoms in total. The van der Waals surface area contributed by atoms with Crippen LogP contribution in [0.25, 0.3) is 0 Å². The molecule has 0 radical (unpaired) electrons. The summed E-state index contributed by atoms with van der Waals surface area (Å²) in [7, 11) is 0. The molecule has 0 atom stereocenters. The largest absolute Gasteiger partial charge is 0.411 e. The summed E-state index contributed by atoms with van der Waals surface area (Å²) in [5, 5.41) is 3.31. The van der Waals surface area contributed by atoms with Gasteiger partial charge in [-0.05, 0) is 32.4 Å². The molecule has 120 valence electrons. The minimum atomic E-state index is -4.33. The maximum absolute atomic E-state index is 12.0. The Morgan fingerprint density at radius 1 is 1.14 bits per heavy atom. The van der Waals surface area contributed by atoms with Gasteiger partial charge in [-0.2, -0.15) is 13.2 Å². The normalized spacial score (nSPS) is 12.2. The zero-order valence-electron chi connectivity index (χ0n) is 12.8. The van der Waals surface area contributed by atoms with Crippen LogP contribution in [0.4, 0.5) is 13.2 Å². The molecule has 21 heavy (non-hydrogen) atoms. The first kappa shape index (κ1) is 17.8. The van der Waals surface area contributed by atoms with Gasteiger partial charge in [0.2, 0.25) is 0 Å². The fourth-order valence-electron chi connectivity index (χ4n) is 1.98. The quantitative estimate of drug-likeness (QED) is 0.841. The average Bonchev–Trinajstić information content (AvgIpc) is 2.30. The van der Waals surface area contributed by atoms with Crippen LogP contribution in [0.5, 0.6) is 0 Å². The molecule has 1 rings (SSSR count). The predicted octanol–water partition coefficient (Wildman–Crippen LogP) is 2.71. The van der Waals surface area contributed by atoms with E-state index in [9.17, 15) is 13.2 Å². The van der Waals surface area contributed by atoms with Crippen molar-refractivity contribution in [2.24, 2.45) is 0 Å². The van der Waals surface area contributed by atoms with E-state index in [1.54, 1.807) is 0 Å². The first-order valence-corrected chi connectivity index (χ1v) is 6.90. The Morgan fingerprint density at radius 3 is 2.19 bits per heavy atom. The molecule has 0 bridgehead atoms. The Morgan fingerprint density at radius 2 is 1.71 bits per heavy atom. The van der Waals surface area contributed by atoms with E-state index >= 15 is 0 Å². The lowest BCUT2D eigenvalue weighted by Gasteiger charge is -2.13. The second kappa shape index (κ2) is 7.70. The second-order valence-electron chi connectivity index (χ2n) is 5.26. The Bertz CT molecular complexity index is 438. The Kier molecular flexibility index (Phi) is 6.54. The van der Waals surface area contributed by atoms with Gasteiger partial charge in [-0.15, -0.1) is 0 Å². The number of nitrogens with zero attached hydrogens (tertiary/aromatic N) is 2. The van der Waals surface area contributed by atoms with Gasteiger partial charge in [0, 0.05) is 17.4 Å². The van der Waals surface area contributed by atoms with Gasteiger partial charge in [0.15, 0.2) is 5.82 Å². The van der Waals surface area contributed by atoms with E-state index in [4.69, 9.17) is 0 Å². The van der Waals surface area contributed by atoms with E-state index in [1.807, 2.05) is 13.8 Å². The topological polar surface area (TPSA) is 47.0 Å². The minimum absolute atomic E-state index is 0.230. The van der Waals surface area contributed by atoms with Gasteiger partial charge in [0.25, 0.3) is 0 Å². The van der Waals surface area contributed by atoms with Gasteiger partial charge in [-0.3, -0.25) is 0 Å². The molecule has 1 N–H and O–H groups in total. The fraction of sp³-hybridized carbons (Fsp3) is 0.714. The van der Waals surface area contributed by atoms with Crippen LogP contribution in [0.1, 0.15) is 36.6 Å². The van der Waals surface area contributed by atoms with E-state index in [1.165, 1.54) is 0 Å². The van der Waals surface area contributed by atoms with Crippen molar-refractivity contribution in [3.8, 4) is 0 Å². The summed E-state index contributed by atoms with van der Waals surface area (Å²) in [5.74, 6) is 0.287. The highest BCUT2D eigenvalue weighted by Gasteiger charge is 2.27. The van der Waals surface area contributed by atoms with E-state index in [0.717, 1.165) is 29.9 Å². The molecule has 0 unspecified atom stereocenters. The van der Waals surface area contributed by atoms with Crippen molar-refractivity contribution >= 4 is 0 Å². The number of nitrogens with one attached hydrogen (secondary N) is 1. The predicted molar refractivity (Wildman–Crippen MR) is 74.1 cm³/mol. The molecule has 1 aromatic heterocycles. The van der Waals surface area contributed by atoms with Crippen molar-refractivity contribution in [3.63, 3.8) is 0 Å². The molecule has 0 fully saturated rings. The Balaban J connectivity index is 2.62. The van der Waals surface area contributed by atoms with Crippen LogP contribution in [0.2, 0.25) is 0 Å². The summed E-state index contributed by atoms with van der Waals surface area (Å²) in [6.07, 6.45) is -3.54. The average molecular weight is 305 g/mol. The third-order valence-corrected chi connectivity index (χ3v) is 2.89. The highest BCUT2D eigenvalue weighted by atomic mass is 19.4. The summed E-state index contributed by atoms with van der Waals surface area (Å²) in [6, 6.07) is 0.404. The SMILES string of the molecule is Cc1nc(COCC(F)(F)F)nc(C)c1CCNC(C)C. The number of hydrogen-bond acceptors (Lipinski definition) is 4. The molecular formula is C14H22F3N3O. The van der Waals surface area contributed by atoms with Gasteiger partial charge < -0.3 is 10.1 Å². The number of aromatic nitrogens is 2. The van der Waals surface area contributed by atoms with Crippen molar-refractivity contribution in [2.45, 2.75) is 52.9 Å². The molecule has 0 aliphatic carbocycles. The van der Waals surface area contributed by atoms with Crippen molar-refractivity contribution in [1.82, 2.24) is 15.3 Å². The molecule has 1 heterocycles. The molecular weight excluding hydrogens is 283 g/mol. The van der Waals surface area contributed by atoms with Gasteiger partial charge in [-0.25, -0.2) is 9.97 Å². The van der Waals surface area contributed by atoms with Gasteiger partial charge in [0.05, 0.1) is 0 Å². The van der Waals surface area contributed by atoms with Crippen LogP contribution < -0.4 is 5.32 Å². The monoisotopic (exact) mass is 305 g/mol. The lowest BCUT2D eigenvalue weighted by molar-refractivity contribution is -0.177. The van der Waals surface area contributed by atoms with Crippen molar-refractivity contribution in [3.05, 3.63) is 22.8 Å². The van der Waals surface area contributed by atoms with E-state index in [-0.39, 0.29) is 12.4 Å². The molecule has 0 aromatic carbocycles. The maximum atomic E-state index is 12.0. The van der Waals surface area contributed by atoms with Crippen LogP contribution in [-0.2, 0) is 17.8 Å². The standard InChI is InChI=1S/C14H22F3N3O/c1-9(2)18-6-5-12-10(3)19-13(20-11(12)4)7-21-8-14(15,16)17/h9,18H,5-8H2,1-4H3. The minimum Gasteiger partial charge on any atom is -0.364 e. The van der Waals surface area contributed by atoms with Crippen LogP contribution in [-0.4, -0.2) is 35.3 Å². The third kappa shape index (κ3) is 6.86. The van der Waals surface area contributed by atoms with Crippen LogP contribution in [0.15, 0.2) is 0 Å². The van der Waals surface area contributed by atoms with E-state index in [2.05, 4.69) is 33.9 Å². The summed E-state index contributed by atoms with van der Waals surface area (Å²) >= 11 is 0. The van der Waals surface area contributed by atoms with Gasteiger partial charge >= 0.3 is 6.18 Å². The molecule has 0 aliphatic heterocycles. The van der Waals surface area contributed by atoms with Gasteiger partial charge in [-0.1, -0.05) is 13.8 Å². The lowest BCUT2D eigenvalue weighted by Crippen LogP contribution is -2.25. The number of halogens is 3. The van der Waals surface area contributed by atoms with E-state index in [0.29, 0.717) is 6.04 Å². The molecule has 7 heteroatoms. The Hall–Kier alpha value is -1.21. The lowest BCUT2D eigenvalue weighted by atomic mass is 10.1. The Labute approximate surface area is 123 Å². The molecule has 0 saturated heterocycles. The number of aryl methyl sites for hydroxylation is 2. The first-order valence-electron chi connectivity index (χ1n) is 6.90. The van der Waals surface area contributed by atoms with Crippen LogP contribution in [0.3, 0.4) is 0 Å². The number of alkyl halides is 3. The molecule has 0 saturated carbocycles. The number of hydrogen-bond donors (Lipinski definition) is 1. The third-order valence-electron chi connectivity index (χ3n) is 2.89.